The van der Waals surface area contributed by atoms with Crippen LogP contribution < -0.4 is 0 Å². The van der Waals surface area contributed by atoms with E-state index < -0.39 is 6.72 Å². The van der Waals surface area contributed by atoms with Crippen LogP contribution in [0.1, 0.15) is 6.92 Å². The van der Waals surface area contributed by atoms with E-state index in [0.717, 1.165) is 0 Å². The lowest BCUT2D eigenvalue weighted by molar-refractivity contribution is -0.758. The highest BCUT2D eigenvalue weighted by molar-refractivity contribution is 8.06. The summed E-state index contributed by atoms with van der Waals surface area (Å²) in [5, 5.41) is 8.60. The van der Waals surface area contributed by atoms with Crippen molar-refractivity contribution in [3.63, 3.8) is 0 Å². The third-order valence-corrected chi connectivity index (χ3v) is 1.43. The minimum atomic E-state index is -3.68. The first kappa shape index (κ1) is 9.84. The maximum Gasteiger partial charge on any atom is 0.387 e. The molecule has 0 saturated carbocycles. The van der Waals surface area contributed by atoms with Crippen LogP contribution in [-0.4, -0.2) is 32.7 Å². The topological polar surface area (TPSA) is 72.9 Å². The van der Waals surface area contributed by atoms with E-state index in [4.69, 9.17) is 15.0 Å². The maximum atomic E-state index is 8.60. The first-order chi connectivity index (χ1) is 4.33. The van der Waals surface area contributed by atoms with Crippen molar-refractivity contribution in [3.05, 3.63) is 0 Å². The number of hydrogen-bond acceptors (Lipinski definition) is 3. The molecule has 0 rings (SSSR count). The number of nitrogens with zero attached hydrogens (tertiary/aromatic N) is 1. The van der Waals surface area contributed by atoms with Crippen LogP contribution in [-0.2, 0) is 16.3 Å². The van der Waals surface area contributed by atoms with Gasteiger partial charge in [0.1, 0.15) is 0 Å². The van der Waals surface area contributed by atoms with Crippen LogP contribution >= 0.6 is 6.72 Å². The summed E-state index contributed by atoms with van der Waals surface area (Å²) in [6, 6.07) is 0. The fourth-order valence-electron chi connectivity index (χ4n) is 0.231. The summed E-state index contributed by atoms with van der Waals surface area (Å²) in [5.74, 6) is -0.0478. The second-order valence-electron chi connectivity index (χ2n) is 1.62. The molecule has 0 aromatic carbocycles. The highest BCUT2D eigenvalue weighted by Gasteiger charge is 2.15. The lowest BCUT2D eigenvalue weighted by Crippen LogP contribution is -2.12. The van der Waals surface area contributed by atoms with Crippen molar-refractivity contribution >= 4 is 24.4 Å². The predicted molar refractivity (Wildman–Crippen MR) is 38.5 cm³/mol. The van der Waals surface area contributed by atoms with Crippen molar-refractivity contribution < 1.29 is 24.3 Å². The van der Waals surface area contributed by atoms with E-state index in [2.05, 4.69) is 16.3 Å². The van der Waals surface area contributed by atoms with Gasteiger partial charge in [0, 0.05) is 16.5 Å². The average molecular weight is 186 g/mol. The molecule has 0 saturated heterocycles. The predicted octanol–water partition coefficient (Wildman–Crippen LogP) is -0.338. The fraction of sp³-hybridized carbons (Fsp3) is 0.667. The molecule has 0 aromatic heterocycles. The standard InChI is InChI=1S/C3H8NO4PS/c1-3(4(2)5)8-9(6,7)10/h1-2H3,(H2-,5,6,7,10)/p+1. The third kappa shape index (κ3) is 4.69. The molecule has 0 aliphatic heterocycles. The summed E-state index contributed by atoms with van der Waals surface area (Å²) >= 11 is 4.12. The van der Waals surface area contributed by atoms with Gasteiger partial charge in [0.2, 0.25) is 0 Å². The Labute approximate surface area is 63.4 Å². The van der Waals surface area contributed by atoms with Crippen molar-refractivity contribution in [2.75, 3.05) is 7.05 Å². The Balaban J connectivity index is 4.20. The van der Waals surface area contributed by atoms with Gasteiger partial charge in [-0.05, 0) is 0 Å². The molecular formula is C3H9NO4PS+. The first-order valence-corrected chi connectivity index (χ1v) is 4.97. The van der Waals surface area contributed by atoms with Crippen LogP contribution in [0, 0.1) is 0 Å². The van der Waals surface area contributed by atoms with Gasteiger partial charge in [-0.1, -0.05) is 0 Å². The van der Waals surface area contributed by atoms with Crippen molar-refractivity contribution in [2.24, 2.45) is 0 Å². The van der Waals surface area contributed by atoms with E-state index >= 15 is 0 Å². The van der Waals surface area contributed by atoms with Crippen molar-refractivity contribution in [1.29, 1.82) is 0 Å². The molecule has 7 heteroatoms. The zero-order chi connectivity index (χ0) is 8.36. The monoisotopic (exact) mass is 186 g/mol. The number of hydrogen-bond donors (Lipinski definition) is 3. The smallest absolute Gasteiger partial charge is 0.370 e. The van der Waals surface area contributed by atoms with Gasteiger partial charge in [-0.25, -0.2) is 0 Å². The summed E-state index contributed by atoms with van der Waals surface area (Å²) in [5.41, 5.74) is 0. The molecule has 0 radical (unpaired) electrons. The van der Waals surface area contributed by atoms with Gasteiger partial charge in [0.15, 0.2) is 7.05 Å². The molecule has 0 aliphatic carbocycles. The lowest BCUT2D eigenvalue weighted by atomic mass is 10.8. The van der Waals surface area contributed by atoms with E-state index in [-0.39, 0.29) is 5.90 Å². The minimum Gasteiger partial charge on any atom is -0.370 e. The Morgan fingerprint density at radius 3 is 2.10 bits per heavy atom. The van der Waals surface area contributed by atoms with Crippen LogP contribution in [0.4, 0.5) is 0 Å². The molecule has 3 N–H and O–H groups in total. The zero-order valence-corrected chi connectivity index (χ0v) is 7.26. The van der Waals surface area contributed by atoms with Crippen molar-refractivity contribution in [3.8, 4) is 0 Å². The highest BCUT2D eigenvalue weighted by Crippen LogP contribution is 2.36. The molecule has 0 spiro atoms. The van der Waals surface area contributed by atoms with E-state index in [0.29, 0.717) is 4.74 Å². The largest absolute Gasteiger partial charge is 0.387 e. The molecule has 0 heterocycles. The van der Waals surface area contributed by atoms with Crippen LogP contribution in [0.5, 0.6) is 0 Å². The lowest BCUT2D eigenvalue weighted by Gasteiger charge is -2.04. The molecule has 0 bridgehead atoms. The molecule has 0 aromatic rings. The van der Waals surface area contributed by atoms with Crippen LogP contribution in [0.2, 0.25) is 0 Å². The third-order valence-electron chi connectivity index (χ3n) is 0.707. The van der Waals surface area contributed by atoms with Crippen molar-refractivity contribution in [2.45, 2.75) is 6.92 Å². The molecule has 0 amide bonds. The Morgan fingerprint density at radius 1 is 1.60 bits per heavy atom. The fourth-order valence-corrected chi connectivity index (χ4v) is 1.02. The van der Waals surface area contributed by atoms with Gasteiger partial charge in [-0.3, -0.25) is 5.21 Å². The number of rotatable bonds is 1. The molecule has 0 unspecified atom stereocenters. The molecule has 10 heavy (non-hydrogen) atoms. The van der Waals surface area contributed by atoms with Gasteiger partial charge in [0.05, 0.1) is 6.92 Å². The normalized spacial score (nSPS) is 14.4. The maximum absolute atomic E-state index is 8.60. The summed E-state index contributed by atoms with van der Waals surface area (Å²) in [6.07, 6.45) is 0. The van der Waals surface area contributed by atoms with Crippen molar-refractivity contribution in [1.82, 2.24) is 0 Å². The van der Waals surface area contributed by atoms with E-state index in [9.17, 15) is 0 Å². The Morgan fingerprint density at radius 2 is 2.00 bits per heavy atom. The minimum absolute atomic E-state index is 0.0478. The summed E-state index contributed by atoms with van der Waals surface area (Å²) < 4.78 is 4.93. The quantitative estimate of drug-likeness (QED) is 0.130. The summed E-state index contributed by atoms with van der Waals surface area (Å²) in [7, 11) is 1.28. The van der Waals surface area contributed by atoms with Gasteiger partial charge in [0.25, 0.3) is 0 Å². The number of hydroxylamine groups is 1. The first-order valence-electron chi connectivity index (χ1n) is 2.34. The van der Waals surface area contributed by atoms with Gasteiger partial charge >= 0.3 is 12.6 Å². The molecular weight excluding hydrogens is 177 g/mol. The molecule has 60 valence electrons. The Hall–Kier alpha value is -0.160. The van der Waals surface area contributed by atoms with Crippen LogP contribution in [0.15, 0.2) is 0 Å². The second kappa shape index (κ2) is 3.30. The van der Waals surface area contributed by atoms with E-state index in [1.165, 1.54) is 14.0 Å². The van der Waals surface area contributed by atoms with Crippen LogP contribution in [0.3, 0.4) is 0 Å². The highest BCUT2D eigenvalue weighted by atomic mass is 32.5. The molecule has 0 aliphatic rings. The zero-order valence-electron chi connectivity index (χ0n) is 5.55. The average Bonchev–Trinajstić information content (AvgIpc) is 1.60. The SMILES string of the molecule is CC(OP(O)(O)=S)=[N+](C)O. The van der Waals surface area contributed by atoms with Crippen LogP contribution in [0.25, 0.3) is 0 Å². The molecule has 0 atom stereocenters. The van der Waals surface area contributed by atoms with Gasteiger partial charge < -0.3 is 14.3 Å². The van der Waals surface area contributed by atoms with E-state index in [1.54, 1.807) is 0 Å². The Kier molecular flexibility index (Phi) is 3.24. The van der Waals surface area contributed by atoms with Gasteiger partial charge in [-0.2, -0.15) is 0 Å². The molecule has 0 fully saturated rings. The molecule has 5 nitrogen and oxygen atoms in total. The van der Waals surface area contributed by atoms with E-state index in [1.807, 2.05) is 0 Å². The second-order valence-corrected chi connectivity index (χ2v) is 4.22. The Bertz CT molecular complexity index is 193. The van der Waals surface area contributed by atoms with Gasteiger partial charge in [-0.15, -0.1) is 0 Å². The summed E-state index contributed by atoms with van der Waals surface area (Å²) in [4.78, 5) is 17.1. The summed E-state index contributed by atoms with van der Waals surface area (Å²) in [6.45, 7) is -2.33.